The molecule has 1 unspecified atom stereocenters. The third kappa shape index (κ3) is 3.80. The zero-order valence-electron chi connectivity index (χ0n) is 11.6. The fraction of sp³-hybridized carbons (Fsp3) is 0.533. The van der Waals surface area contributed by atoms with Crippen LogP contribution < -0.4 is 5.32 Å². The second-order valence-corrected chi connectivity index (χ2v) is 6.08. The van der Waals surface area contributed by atoms with Crippen molar-refractivity contribution in [1.29, 1.82) is 0 Å². The second-order valence-electron chi connectivity index (χ2n) is 5.22. The van der Waals surface area contributed by atoms with Crippen LogP contribution in [0.4, 0.5) is 0 Å². The van der Waals surface area contributed by atoms with Gasteiger partial charge in [-0.05, 0) is 37.5 Å². The van der Waals surface area contributed by atoms with Crippen LogP contribution in [0.2, 0.25) is 0 Å². The van der Waals surface area contributed by atoms with E-state index in [1.54, 1.807) is 0 Å². The molecule has 1 N–H and O–H groups in total. The maximum atomic E-state index is 12.2. The minimum Gasteiger partial charge on any atom is -0.337 e. The summed E-state index contributed by atoms with van der Waals surface area (Å²) in [6.45, 7) is 6.83. The molecule has 0 spiro atoms. The Kier molecular flexibility index (Phi) is 4.99. The van der Waals surface area contributed by atoms with Gasteiger partial charge in [-0.1, -0.05) is 28.1 Å². The van der Waals surface area contributed by atoms with Gasteiger partial charge in [-0.2, -0.15) is 0 Å². The van der Waals surface area contributed by atoms with Crippen LogP contribution >= 0.6 is 15.9 Å². The molecule has 104 valence electrons. The molecule has 1 atom stereocenters. The van der Waals surface area contributed by atoms with E-state index >= 15 is 0 Å². The molecule has 3 nitrogen and oxygen atoms in total. The Morgan fingerprint density at radius 3 is 3.00 bits per heavy atom. The average Bonchev–Trinajstić information content (AvgIpc) is 2.40. The summed E-state index contributed by atoms with van der Waals surface area (Å²) in [5.74, 6) is 0.273. The van der Waals surface area contributed by atoms with Gasteiger partial charge in [-0.15, -0.1) is 0 Å². The van der Waals surface area contributed by atoms with Gasteiger partial charge in [0.1, 0.15) is 0 Å². The van der Waals surface area contributed by atoms with Gasteiger partial charge in [0, 0.05) is 36.6 Å². The van der Waals surface area contributed by atoms with E-state index in [2.05, 4.69) is 53.3 Å². The van der Waals surface area contributed by atoms with E-state index in [4.69, 9.17) is 0 Å². The van der Waals surface area contributed by atoms with Crippen LogP contribution in [-0.4, -0.2) is 36.5 Å². The highest BCUT2D eigenvalue weighted by atomic mass is 79.9. The number of nitrogens with zero attached hydrogens (tertiary/aromatic N) is 1. The van der Waals surface area contributed by atoms with Crippen molar-refractivity contribution in [3.8, 4) is 0 Å². The molecule has 0 radical (unpaired) electrons. The van der Waals surface area contributed by atoms with Gasteiger partial charge >= 0.3 is 0 Å². The van der Waals surface area contributed by atoms with Crippen molar-refractivity contribution < 1.29 is 4.79 Å². The molecule has 1 aliphatic heterocycles. The van der Waals surface area contributed by atoms with Crippen molar-refractivity contribution in [3.63, 3.8) is 0 Å². The SMILES string of the molecule is Cc1cc(CCC(=O)N2CCNCC2C)ccc1Br. The minimum atomic E-state index is 0.273. The van der Waals surface area contributed by atoms with E-state index in [0.29, 0.717) is 12.5 Å². The summed E-state index contributed by atoms with van der Waals surface area (Å²) in [4.78, 5) is 14.2. The maximum absolute atomic E-state index is 12.2. The predicted molar refractivity (Wildman–Crippen MR) is 81.2 cm³/mol. The molecule has 0 aromatic heterocycles. The molecule has 1 aromatic rings. The average molecular weight is 325 g/mol. The van der Waals surface area contributed by atoms with E-state index in [0.717, 1.165) is 30.5 Å². The fourth-order valence-electron chi connectivity index (χ4n) is 2.47. The van der Waals surface area contributed by atoms with E-state index in [1.165, 1.54) is 11.1 Å². The lowest BCUT2D eigenvalue weighted by Gasteiger charge is -2.34. The first-order valence-electron chi connectivity index (χ1n) is 6.83. The van der Waals surface area contributed by atoms with Gasteiger partial charge in [0.25, 0.3) is 0 Å². The largest absolute Gasteiger partial charge is 0.337 e. The summed E-state index contributed by atoms with van der Waals surface area (Å²) in [5, 5.41) is 3.31. The van der Waals surface area contributed by atoms with Crippen LogP contribution in [0.1, 0.15) is 24.5 Å². The Hall–Kier alpha value is -0.870. The number of piperazine rings is 1. The highest BCUT2D eigenvalue weighted by Gasteiger charge is 2.22. The minimum absolute atomic E-state index is 0.273. The van der Waals surface area contributed by atoms with Crippen LogP contribution in [0, 0.1) is 6.92 Å². The summed E-state index contributed by atoms with van der Waals surface area (Å²) in [6.07, 6.45) is 1.43. The number of hydrogen-bond acceptors (Lipinski definition) is 2. The van der Waals surface area contributed by atoms with Crippen molar-refractivity contribution in [2.75, 3.05) is 19.6 Å². The number of nitrogens with one attached hydrogen (secondary N) is 1. The van der Waals surface area contributed by atoms with Crippen molar-refractivity contribution >= 4 is 21.8 Å². The van der Waals surface area contributed by atoms with Crippen molar-refractivity contribution in [3.05, 3.63) is 33.8 Å². The third-order valence-electron chi connectivity index (χ3n) is 3.67. The number of carbonyl (C=O) groups is 1. The monoisotopic (exact) mass is 324 g/mol. The lowest BCUT2D eigenvalue weighted by Crippen LogP contribution is -2.52. The Morgan fingerprint density at radius 1 is 1.53 bits per heavy atom. The molecule has 19 heavy (non-hydrogen) atoms. The summed E-state index contributed by atoms with van der Waals surface area (Å²) in [6, 6.07) is 6.61. The number of rotatable bonds is 3. The van der Waals surface area contributed by atoms with Gasteiger partial charge in [0.15, 0.2) is 0 Å². The molecule has 2 rings (SSSR count). The first-order chi connectivity index (χ1) is 9.08. The number of amides is 1. The van der Waals surface area contributed by atoms with Crippen LogP contribution in [0.5, 0.6) is 0 Å². The Morgan fingerprint density at radius 2 is 2.32 bits per heavy atom. The quantitative estimate of drug-likeness (QED) is 0.926. The van der Waals surface area contributed by atoms with Gasteiger partial charge in [0.2, 0.25) is 5.91 Å². The molecular formula is C15H21BrN2O. The van der Waals surface area contributed by atoms with Gasteiger partial charge < -0.3 is 10.2 Å². The first kappa shape index (κ1) is 14.5. The van der Waals surface area contributed by atoms with Gasteiger partial charge in [0.05, 0.1) is 0 Å². The molecule has 4 heteroatoms. The summed E-state index contributed by atoms with van der Waals surface area (Å²) in [7, 11) is 0. The summed E-state index contributed by atoms with van der Waals surface area (Å²) < 4.78 is 1.12. The standard InChI is InChI=1S/C15H21BrN2O/c1-11-9-13(3-5-14(11)16)4-6-15(19)18-8-7-17-10-12(18)2/h3,5,9,12,17H,4,6-8,10H2,1-2H3. The van der Waals surface area contributed by atoms with E-state index in [1.807, 2.05) is 4.90 Å². The number of benzene rings is 1. The zero-order valence-corrected chi connectivity index (χ0v) is 13.2. The molecule has 0 saturated carbocycles. The molecule has 0 bridgehead atoms. The molecular weight excluding hydrogens is 304 g/mol. The van der Waals surface area contributed by atoms with Gasteiger partial charge in [-0.25, -0.2) is 0 Å². The van der Waals surface area contributed by atoms with E-state index in [-0.39, 0.29) is 5.91 Å². The number of hydrogen-bond donors (Lipinski definition) is 1. The first-order valence-corrected chi connectivity index (χ1v) is 7.62. The lowest BCUT2D eigenvalue weighted by atomic mass is 10.1. The molecule has 1 saturated heterocycles. The summed E-state index contributed by atoms with van der Waals surface area (Å²) in [5.41, 5.74) is 2.46. The number of carbonyl (C=O) groups excluding carboxylic acids is 1. The third-order valence-corrected chi connectivity index (χ3v) is 4.56. The van der Waals surface area contributed by atoms with Crippen molar-refractivity contribution in [2.24, 2.45) is 0 Å². The van der Waals surface area contributed by atoms with Crippen molar-refractivity contribution in [1.82, 2.24) is 10.2 Å². The highest BCUT2D eigenvalue weighted by molar-refractivity contribution is 9.10. The molecule has 1 heterocycles. The van der Waals surface area contributed by atoms with Crippen LogP contribution in [-0.2, 0) is 11.2 Å². The molecule has 1 aromatic carbocycles. The Labute approximate surface area is 123 Å². The zero-order chi connectivity index (χ0) is 13.8. The number of aryl methyl sites for hydroxylation is 2. The highest BCUT2D eigenvalue weighted by Crippen LogP contribution is 2.18. The normalized spacial score (nSPS) is 19.5. The smallest absolute Gasteiger partial charge is 0.223 e. The molecule has 1 amide bonds. The van der Waals surface area contributed by atoms with Crippen LogP contribution in [0.3, 0.4) is 0 Å². The second kappa shape index (κ2) is 6.53. The molecule has 1 aliphatic rings. The number of halogens is 1. The van der Waals surface area contributed by atoms with Crippen LogP contribution in [0.25, 0.3) is 0 Å². The summed E-state index contributed by atoms with van der Waals surface area (Å²) >= 11 is 3.50. The predicted octanol–water partition coefficient (Wildman–Crippen LogP) is 2.51. The van der Waals surface area contributed by atoms with Crippen molar-refractivity contribution in [2.45, 2.75) is 32.7 Å². The Balaban J connectivity index is 1.90. The van der Waals surface area contributed by atoms with Gasteiger partial charge in [-0.3, -0.25) is 4.79 Å². The Bertz CT molecular complexity index is 461. The van der Waals surface area contributed by atoms with Crippen LogP contribution in [0.15, 0.2) is 22.7 Å². The topological polar surface area (TPSA) is 32.3 Å². The van der Waals surface area contributed by atoms with E-state index < -0.39 is 0 Å². The molecule has 0 aliphatic carbocycles. The molecule has 1 fully saturated rings. The lowest BCUT2D eigenvalue weighted by molar-refractivity contribution is -0.133. The maximum Gasteiger partial charge on any atom is 0.223 e. The van der Waals surface area contributed by atoms with E-state index in [9.17, 15) is 4.79 Å². The fourth-order valence-corrected chi connectivity index (χ4v) is 2.72.